The van der Waals surface area contributed by atoms with E-state index in [0.717, 1.165) is 0 Å². The van der Waals surface area contributed by atoms with E-state index in [1.54, 1.807) is 0 Å². The Morgan fingerprint density at radius 1 is 0.829 bits per heavy atom. The van der Waals surface area contributed by atoms with Gasteiger partial charge in [-0.1, -0.05) is 0 Å². The van der Waals surface area contributed by atoms with Crippen molar-refractivity contribution in [3.05, 3.63) is 0 Å². The molecule has 17 nitrogen and oxygen atoms in total. The van der Waals surface area contributed by atoms with E-state index < -0.39 is 111 Å². The van der Waals surface area contributed by atoms with Crippen molar-refractivity contribution < 1.29 is 85.1 Å². The Bertz CT molecular complexity index is 751. The van der Waals surface area contributed by atoms with E-state index in [4.69, 9.17) is 24.4 Å². The van der Waals surface area contributed by atoms with Crippen molar-refractivity contribution in [2.45, 2.75) is 85.5 Å². The van der Waals surface area contributed by atoms with E-state index in [1.165, 1.54) is 0 Å². The average molecular weight is 518 g/mol. The summed E-state index contributed by atoms with van der Waals surface area (Å²) in [5.41, 5.74) is 0. The summed E-state index contributed by atoms with van der Waals surface area (Å²) >= 11 is 0. The number of hydrogen-bond donors (Lipinski definition) is 12. The molecular weight excluding hydrogens is 488 g/mol. The fourth-order valence-electron chi connectivity index (χ4n) is 3.86. The first-order valence-electron chi connectivity index (χ1n) is 10.3. The molecule has 17 heteroatoms. The maximum absolute atomic E-state index is 12.1. The maximum Gasteiger partial charge on any atom is 0.364 e. The Labute approximate surface area is 196 Å². The van der Waals surface area contributed by atoms with Crippen molar-refractivity contribution in [3.8, 4) is 0 Å². The van der Waals surface area contributed by atoms with Gasteiger partial charge in [-0.05, 0) is 0 Å². The number of aliphatic hydroxyl groups excluding tert-OH is 9. The van der Waals surface area contributed by atoms with Gasteiger partial charge in [0.2, 0.25) is 0 Å². The van der Waals surface area contributed by atoms with E-state index in [1.807, 2.05) is 0 Å². The van der Waals surface area contributed by atoms with Gasteiger partial charge in [-0.3, -0.25) is 0 Å². The van der Waals surface area contributed by atoms with Crippen molar-refractivity contribution in [2.75, 3.05) is 13.2 Å². The fraction of sp³-hybridized carbons (Fsp3) is 0.889. The molecule has 0 amide bonds. The Morgan fingerprint density at radius 3 is 1.80 bits per heavy atom. The van der Waals surface area contributed by atoms with Gasteiger partial charge in [0.15, 0.2) is 0 Å². The van der Waals surface area contributed by atoms with Crippen LogP contribution in [0.4, 0.5) is 0 Å². The first-order valence-corrected chi connectivity index (χ1v) is 10.3. The quantitative estimate of drug-likeness (QED) is 0.128. The average Bonchev–Trinajstić information content (AvgIpc) is 2.80. The van der Waals surface area contributed by atoms with Crippen LogP contribution in [0, 0.1) is 0 Å². The van der Waals surface area contributed by atoms with Gasteiger partial charge in [-0.2, -0.15) is 0 Å². The summed E-state index contributed by atoms with van der Waals surface area (Å²) in [5, 5.41) is 118. The van der Waals surface area contributed by atoms with Crippen LogP contribution in [0.2, 0.25) is 0 Å². The van der Waals surface area contributed by atoms with Gasteiger partial charge >= 0.3 is 11.9 Å². The molecule has 0 saturated carbocycles. The van der Waals surface area contributed by atoms with E-state index in [0.29, 0.717) is 0 Å². The molecule has 2 aliphatic rings. The molecule has 0 aromatic heterocycles. The first kappa shape index (κ1) is 29.6. The molecule has 0 bridgehead atoms. The monoisotopic (exact) mass is 518 g/mol. The number of rotatable bonds is 10. The highest BCUT2D eigenvalue weighted by atomic mass is 16.7. The number of carbonyl (C=O) groups is 2. The fourth-order valence-corrected chi connectivity index (χ4v) is 3.86. The highest BCUT2D eigenvalue weighted by molar-refractivity contribution is 5.76. The Hall–Kier alpha value is -1.58. The van der Waals surface area contributed by atoms with Gasteiger partial charge in [0, 0.05) is 12.8 Å². The number of ether oxygens (including phenoxy) is 3. The second-order valence-electron chi connectivity index (χ2n) is 8.41. The lowest BCUT2D eigenvalue weighted by Crippen LogP contribution is -2.67. The van der Waals surface area contributed by atoms with Crippen LogP contribution in [0.5, 0.6) is 0 Å². The van der Waals surface area contributed by atoms with Crippen LogP contribution in [0.15, 0.2) is 0 Å². The van der Waals surface area contributed by atoms with Crippen LogP contribution in [0.1, 0.15) is 12.8 Å². The molecule has 0 aromatic rings. The largest absolute Gasteiger partial charge is 0.477 e. The SMILES string of the molecule is O=C(O)C1(O)C[C@H](O)[C@@H](O)[C@H]([C@H](O)[C@@H](CO)O[C@]2(C(=O)O)C[C@H](O)[C@@H](O)[C@H]([C@H](O)[C@H](O)CO)O2)O1. The molecule has 2 aliphatic heterocycles. The van der Waals surface area contributed by atoms with Gasteiger partial charge in [0.1, 0.15) is 48.8 Å². The molecule has 35 heavy (non-hydrogen) atoms. The standard InChI is InChI=1S/C18H30O17/c19-3-7(23)11(26)13-10(25)6(22)2-18(35-13,16(30)31)33-8(4-20)12(27)14-9(24)5(21)1-17(32,34-14)15(28)29/h5-14,19-27,32H,1-4H2,(H,28,29)(H,30,31)/t5-,6-,7+,8+,9+,10+,11+,12+,13+,14+,17?,18+/m0/s1. The zero-order valence-corrected chi connectivity index (χ0v) is 18.0. The molecule has 2 heterocycles. The third-order valence-electron chi connectivity index (χ3n) is 5.90. The number of hydrogen-bond acceptors (Lipinski definition) is 15. The van der Waals surface area contributed by atoms with E-state index in [-0.39, 0.29) is 0 Å². The van der Waals surface area contributed by atoms with Gasteiger partial charge < -0.3 is 75.5 Å². The van der Waals surface area contributed by atoms with Crippen LogP contribution < -0.4 is 0 Å². The van der Waals surface area contributed by atoms with E-state index in [9.17, 15) is 60.7 Å². The summed E-state index contributed by atoms with van der Waals surface area (Å²) in [7, 11) is 0. The predicted octanol–water partition coefficient (Wildman–Crippen LogP) is -6.99. The summed E-state index contributed by atoms with van der Waals surface area (Å²) in [6.45, 7) is -2.30. The van der Waals surface area contributed by atoms with Crippen LogP contribution in [-0.2, 0) is 23.8 Å². The minimum Gasteiger partial charge on any atom is -0.477 e. The zero-order valence-electron chi connectivity index (χ0n) is 18.0. The Morgan fingerprint density at radius 2 is 1.34 bits per heavy atom. The summed E-state index contributed by atoms with van der Waals surface area (Å²) in [4.78, 5) is 23.4. The number of carboxylic acids is 2. The van der Waals surface area contributed by atoms with Crippen LogP contribution in [0.25, 0.3) is 0 Å². The van der Waals surface area contributed by atoms with Crippen LogP contribution >= 0.6 is 0 Å². The summed E-state index contributed by atoms with van der Waals surface area (Å²) in [6.07, 6.45) is -22.8. The minimum absolute atomic E-state index is 1.00. The molecule has 2 saturated heterocycles. The number of carboxylic acid groups (broad SMARTS) is 2. The molecule has 1 unspecified atom stereocenters. The van der Waals surface area contributed by atoms with Crippen molar-refractivity contribution >= 4 is 11.9 Å². The van der Waals surface area contributed by atoms with Crippen molar-refractivity contribution in [1.29, 1.82) is 0 Å². The van der Waals surface area contributed by atoms with Crippen molar-refractivity contribution in [2.24, 2.45) is 0 Å². The molecule has 0 radical (unpaired) electrons. The number of aliphatic carboxylic acids is 2. The van der Waals surface area contributed by atoms with Crippen LogP contribution in [-0.4, -0.2) is 159 Å². The normalized spacial score (nSPS) is 41.5. The molecule has 2 fully saturated rings. The summed E-state index contributed by atoms with van der Waals surface area (Å²) < 4.78 is 15.1. The predicted molar refractivity (Wildman–Crippen MR) is 103 cm³/mol. The topological polar surface area (TPSA) is 305 Å². The first-order chi connectivity index (χ1) is 16.1. The maximum atomic E-state index is 12.1. The van der Waals surface area contributed by atoms with Gasteiger partial charge in [0.05, 0.1) is 25.4 Å². The van der Waals surface area contributed by atoms with Crippen molar-refractivity contribution in [3.63, 3.8) is 0 Å². The second kappa shape index (κ2) is 11.2. The molecule has 0 spiro atoms. The van der Waals surface area contributed by atoms with E-state index in [2.05, 4.69) is 0 Å². The highest BCUT2D eigenvalue weighted by Gasteiger charge is 2.58. The lowest BCUT2D eigenvalue weighted by atomic mass is 9.89. The third-order valence-corrected chi connectivity index (χ3v) is 5.90. The lowest BCUT2D eigenvalue weighted by Gasteiger charge is -2.47. The molecule has 12 atom stereocenters. The van der Waals surface area contributed by atoms with Gasteiger partial charge in [0.25, 0.3) is 11.6 Å². The molecule has 2 rings (SSSR count). The molecule has 204 valence electrons. The number of aliphatic hydroxyl groups is 10. The van der Waals surface area contributed by atoms with Crippen molar-refractivity contribution in [1.82, 2.24) is 0 Å². The summed E-state index contributed by atoms with van der Waals surface area (Å²) in [6, 6.07) is 0. The highest BCUT2D eigenvalue weighted by Crippen LogP contribution is 2.36. The molecule has 0 aliphatic carbocycles. The van der Waals surface area contributed by atoms with Gasteiger partial charge in [-0.15, -0.1) is 0 Å². The molecule has 12 N–H and O–H groups in total. The Balaban J connectivity index is 2.36. The van der Waals surface area contributed by atoms with Crippen LogP contribution in [0.3, 0.4) is 0 Å². The van der Waals surface area contributed by atoms with E-state index >= 15 is 0 Å². The molecule has 0 aromatic carbocycles. The van der Waals surface area contributed by atoms with Gasteiger partial charge in [-0.25, -0.2) is 9.59 Å². The smallest absolute Gasteiger partial charge is 0.364 e. The minimum atomic E-state index is -3.08. The third kappa shape index (κ3) is 5.88. The molecular formula is C18H30O17. The lowest BCUT2D eigenvalue weighted by molar-refractivity contribution is -0.356. The summed E-state index contributed by atoms with van der Waals surface area (Å²) in [5.74, 6) is -10.1. The Kier molecular flexibility index (Phi) is 9.50. The second-order valence-corrected chi connectivity index (χ2v) is 8.41. The zero-order chi connectivity index (χ0) is 26.9.